The van der Waals surface area contributed by atoms with Gasteiger partial charge < -0.3 is 15.0 Å². The van der Waals surface area contributed by atoms with Crippen LogP contribution in [0.25, 0.3) is 0 Å². The minimum Gasteiger partial charge on any atom is -0.372 e. The van der Waals surface area contributed by atoms with Gasteiger partial charge in [0, 0.05) is 26.2 Å². The molecule has 4 heteroatoms. The fourth-order valence-corrected chi connectivity index (χ4v) is 3.67. The Morgan fingerprint density at radius 2 is 1.59 bits per heavy atom. The van der Waals surface area contributed by atoms with Gasteiger partial charge in [-0.3, -0.25) is 4.99 Å². The van der Waals surface area contributed by atoms with Gasteiger partial charge in [-0.1, -0.05) is 27.7 Å². The predicted molar refractivity (Wildman–Crippen MR) is 93.3 cm³/mol. The summed E-state index contributed by atoms with van der Waals surface area (Å²) in [6, 6.07) is 0.502. The van der Waals surface area contributed by atoms with E-state index in [1.165, 1.54) is 0 Å². The SMILES string of the molecule is CN=C(NC1C(C)(C)C1(C)C)N1CCC(OC(C)(C)C)CC1. The van der Waals surface area contributed by atoms with Gasteiger partial charge >= 0.3 is 0 Å². The number of ether oxygens (including phenoxy) is 1. The quantitative estimate of drug-likeness (QED) is 0.628. The summed E-state index contributed by atoms with van der Waals surface area (Å²) in [5.41, 5.74) is 0.613. The van der Waals surface area contributed by atoms with E-state index in [0.29, 0.717) is 23.0 Å². The van der Waals surface area contributed by atoms with Crippen molar-refractivity contribution < 1.29 is 4.74 Å². The summed E-state index contributed by atoms with van der Waals surface area (Å²) >= 11 is 0. The Bertz CT molecular complexity index is 412. The second kappa shape index (κ2) is 5.70. The molecule has 0 atom stereocenters. The molecule has 1 N–H and O–H groups in total. The third kappa shape index (κ3) is 3.42. The molecule has 1 aliphatic heterocycles. The van der Waals surface area contributed by atoms with Crippen LogP contribution in [0.3, 0.4) is 0 Å². The fourth-order valence-electron chi connectivity index (χ4n) is 3.67. The molecule has 128 valence electrons. The van der Waals surface area contributed by atoms with Gasteiger partial charge in [-0.25, -0.2) is 0 Å². The van der Waals surface area contributed by atoms with E-state index < -0.39 is 0 Å². The molecule has 0 bridgehead atoms. The van der Waals surface area contributed by atoms with Crippen molar-refractivity contribution in [2.24, 2.45) is 15.8 Å². The molecule has 0 aromatic heterocycles. The van der Waals surface area contributed by atoms with Crippen molar-refractivity contribution in [1.29, 1.82) is 0 Å². The van der Waals surface area contributed by atoms with E-state index in [1.807, 2.05) is 7.05 Å². The zero-order valence-corrected chi connectivity index (χ0v) is 15.8. The first-order valence-corrected chi connectivity index (χ1v) is 8.65. The normalized spacial score (nSPS) is 26.2. The van der Waals surface area contributed by atoms with Crippen LogP contribution in [0.15, 0.2) is 4.99 Å². The highest BCUT2D eigenvalue weighted by molar-refractivity contribution is 5.81. The monoisotopic (exact) mass is 309 g/mol. The molecule has 0 unspecified atom stereocenters. The second-order valence-electron chi connectivity index (χ2n) is 8.98. The Balaban J connectivity index is 1.88. The lowest BCUT2D eigenvalue weighted by Gasteiger charge is -2.37. The highest BCUT2D eigenvalue weighted by Crippen LogP contribution is 2.62. The largest absolute Gasteiger partial charge is 0.372 e. The number of nitrogens with zero attached hydrogens (tertiary/aromatic N) is 2. The third-order valence-corrected chi connectivity index (χ3v) is 5.77. The molecule has 1 saturated heterocycles. The molecule has 1 aliphatic carbocycles. The van der Waals surface area contributed by atoms with Gasteiger partial charge in [-0.15, -0.1) is 0 Å². The smallest absolute Gasteiger partial charge is 0.193 e. The highest BCUT2D eigenvalue weighted by Gasteiger charge is 2.65. The van der Waals surface area contributed by atoms with Crippen LogP contribution < -0.4 is 5.32 Å². The molecule has 1 saturated carbocycles. The van der Waals surface area contributed by atoms with Crippen LogP contribution in [-0.2, 0) is 4.74 Å². The van der Waals surface area contributed by atoms with Gasteiger partial charge in [0.15, 0.2) is 5.96 Å². The average molecular weight is 309 g/mol. The Labute approximate surface area is 136 Å². The van der Waals surface area contributed by atoms with Crippen LogP contribution in [0.4, 0.5) is 0 Å². The van der Waals surface area contributed by atoms with Crippen molar-refractivity contribution in [1.82, 2.24) is 10.2 Å². The number of piperidine rings is 1. The minimum atomic E-state index is -0.0468. The first-order chi connectivity index (χ1) is 9.99. The molecule has 0 spiro atoms. The lowest BCUT2D eigenvalue weighted by molar-refractivity contribution is -0.0773. The fraction of sp³-hybridized carbons (Fsp3) is 0.944. The van der Waals surface area contributed by atoms with Crippen LogP contribution in [0.2, 0.25) is 0 Å². The molecule has 0 amide bonds. The first-order valence-electron chi connectivity index (χ1n) is 8.65. The molecule has 0 aromatic carbocycles. The van der Waals surface area contributed by atoms with E-state index in [1.54, 1.807) is 0 Å². The van der Waals surface area contributed by atoms with Gasteiger partial charge in [0.05, 0.1) is 11.7 Å². The topological polar surface area (TPSA) is 36.9 Å². The molecule has 2 rings (SSSR count). The highest BCUT2D eigenvalue weighted by atomic mass is 16.5. The average Bonchev–Trinajstić information content (AvgIpc) is 2.76. The maximum Gasteiger partial charge on any atom is 0.193 e. The standard InChI is InChI=1S/C18H35N3O/c1-16(2,3)22-13-9-11-21(12-10-13)15(19-8)20-14-17(4,5)18(14,6)7/h13-14H,9-12H2,1-8H3,(H,19,20). The zero-order chi connectivity index (χ0) is 16.8. The first kappa shape index (κ1) is 17.6. The van der Waals surface area contributed by atoms with Crippen molar-refractivity contribution in [2.75, 3.05) is 20.1 Å². The Morgan fingerprint density at radius 1 is 1.09 bits per heavy atom. The summed E-state index contributed by atoms with van der Waals surface area (Å²) in [4.78, 5) is 6.90. The zero-order valence-electron chi connectivity index (χ0n) is 15.8. The van der Waals surface area contributed by atoms with E-state index in [4.69, 9.17) is 4.74 Å². The van der Waals surface area contributed by atoms with Gasteiger partial charge in [-0.05, 0) is 44.4 Å². The summed E-state index contributed by atoms with van der Waals surface area (Å²) < 4.78 is 6.11. The number of aliphatic imine (C=N–C) groups is 1. The molecule has 22 heavy (non-hydrogen) atoms. The lowest BCUT2D eigenvalue weighted by Crippen LogP contribution is -2.49. The summed E-state index contributed by atoms with van der Waals surface area (Å²) in [6.45, 7) is 17.8. The van der Waals surface area contributed by atoms with Gasteiger partial charge in [0.2, 0.25) is 0 Å². The van der Waals surface area contributed by atoms with Gasteiger partial charge in [0.1, 0.15) is 0 Å². The van der Waals surface area contributed by atoms with Crippen molar-refractivity contribution in [3.8, 4) is 0 Å². The van der Waals surface area contributed by atoms with Gasteiger partial charge in [-0.2, -0.15) is 0 Å². The maximum absolute atomic E-state index is 6.11. The molecule has 1 heterocycles. The molecular formula is C18H35N3O. The number of hydrogen-bond donors (Lipinski definition) is 1. The maximum atomic E-state index is 6.11. The molecule has 0 radical (unpaired) electrons. The molecule has 4 nitrogen and oxygen atoms in total. The number of hydrogen-bond acceptors (Lipinski definition) is 2. The number of nitrogens with one attached hydrogen (secondary N) is 1. The molecular weight excluding hydrogens is 274 g/mol. The minimum absolute atomic E-state index is 0.0468. The van der Waals surface area contributed by atoms with E-state index in [9.17, 15) is 0 Å². The van der Waals surface area contributed by atoms with Crippen molar-refractivity contribution in [3.05, 3.63) is 0 Å². The number of rotatable bonds is 2. The van der Waals surface area contributed by atoms with Crippen LogP contribution in [-0.4, -0.2) is 48.7 Å². The molecule has 0 aromatic rings. The third-order valence-electron chi connectivity index (χ3n) is 5.77. The summed E-state index contributed by atoms with van der Waals surface area (Å²) in [5.74, 6) is 1.05. The van der Waals surface area contributed by atoms with E-state index >= 15 is 0 Å². The van der Waals surface area contributed by atoms with E-state index in [2.05, 4.69) is 63.7 Å². The lowest BCUT2D eigenvalue weighted by atomic mass is 10.0. The number of likely N-dealkylation sites (tertiary alicyclic amines) is 1. The molecule has 2 aliphatic rings. The Kier molecular flexibility index (Phi) is 4.55. The van der Waals surface area contributed by atoms with Crippen LogP contribution in [0.1, 0.15) is 61.3 Å². The summed E-state index contributed by atoms with van der Waals surface area (Å²) in [6.07, 6.45) is 2.54. The summed E-state index contributed by atoms with van der Waals surface area (Å²) in [7, 11) is 1.89. The van der Waals surface area contributed by atoms with Crippen LogP contribution in [0, 0.1) is 10.8 Å². The predicted octanol–water partition coefficient (Wildman–Crippen LogP) is 3.28. The Hall–Kier alpha value is -0.770. The van der Waals surface area contributed by atoms with E-state index in [-0.39, 0.29) is 5.60 Å². The van der Waals surface area contributed by atoms with E-state index in [0.717, 1.165) is 31.9 Å². The number of guanidine groups is 1. The van der Waals surface area contributed by atoms with Crippen molar-refractivity contribution in [2.45, 2.75) is 79.1 Å². The van der Waals surface area contributed by atoms with Gasteiger partial charge in [0.25, 0.3) is 0 Å². The Morgan fingerprint density at radius 3 is 1.95 bits per heavy atom. The van der Waals surface area contributed by atoms with Crippen molar-refractivity contribution in [3.63, 3.8) is 0 Å². The van der Waals surface area contributed by atoms with Crippen molar-refractivity contribution >= 4 is 5.96 Å². The van der Waals surface area contributed by atoms with Crippen LogP contribution >= 0.6 is 0 Å². The second-order valence-corrected chi connectivity index (χ2v) is 8.98. The van der Waals surface area contributed by atoms with Crippen LogP contribution in [0.5, 0.6) is 0 Å². The summed E-state index contributed by atoms with van der Waals surface area (Å²) in [5, 5.41) is 3.69. The molecule has 2 fully saturated rings.